The van der Waals surface area contributed by atoms with Gasteiger partial charge in [0.15, 0.2) is 0 Å². The van der Waals surface area contributed by atoms with Crippen LogP contribution in [0.3, 0.4) is 0 Å². The number of benzene rings is 1. The van der Waals surface area contributed by atoms with Crippen molar-refractivity contribution < 1.29 is 4.74 Å². The van der Waals surface area contributed by atoms with Gasteiger partial charge in [-0.15, -0.1) is 0 Å². The number of methoxy groups -OCH3 is 1. The number of ether oxygens (including phenoxy) is 1. The van der Waals surface area contributed by atoms with Gasteiger partial charge < -0.3 is 15.0 Å². The first kappa shape index (κ1) is 13.2. The van der Waals surface area contributed by atoms with E-state index in [1.807, 2.05) is 50.5 Å². The third-order valence-corrected chi connectivity index (χ3v) is 2.98. The Bertz CT molecular complexity index is 542. The Morgan fingerprint density at radius 1 is 1.16 bits per heavy atom. The van der Waals surface area contributed by atoms with Crippen LogP contribution in [0.1, 0.15) is 5.56 Å². The zero-order chi connectivity index (χ0) is 13.7. The molecule has 0 radical (unpaired) electrons. The highest BCUT2D eigenvalue weighted by Crippen LogP contribution is 2.21. The summed E-state index contributed by atoms with van der Waals surface area (Å²) in [5, 5.41) is 3.05. The standard InChI is InChI=1S/C15H19N3O/c1-16-14-9-6-10-15(17-14)18(2)11-12-7-4-5-8-13(12)19-3/h4-10H,11H2,1-3H3,(H,16,17). The lowest BCUT2D eigenvalue weighted by atomic mass is 10.2. The minimum Gasteiger partial charge on any atom is -0.496 e. The van der Waals surface area contributed by atoms with Crippen molar-refractivity contribution in [2.45, 2.75) is 6.54 Å². The van der Waals surface area contributed by atoms with Gasteiger partial charge in [0.1, 0.15) is 17.4 Å². The van der Waals surface area contributed by atoms with Crippen LogP contribution < -0.4 is 15.0 Å². The van der Waals surface area contributed by atoms with Crippen molar-refractivity contribution in [3.63, 3.8) is 0 Å². The van der Waals surface area contributed by atoms with Crippen molar-refractivity contribution in [2.75, 3.05) is 31.4 Å². The predicted molar refractivity (Wildman–Crippen MR) is 78.9 cm³/mol. The summed E-state index contributed by atoms with van der Waals surface area (Å²) in [6.07, 6.45) is 0. The summed E-state index contributed by atoms with van der Waals surface area (Å²) in [6.45, 7) is 0.754. The van der Waals surface area contributed by atoms with Gasteiger partial charge >= 0.3 is 0 Å². The highest BCUT2D eigenvalue weighted by molar-refractivity contribution is 5.47. The van der Waals surface area contributed by atoms with Crippen molar-refractivity contribution in [2.24, 2.45) is 0 Å². The largest absolute Gasteiger partial charge is 0.496 e. The van der Waals surface area contributed by atoms with Crippen LogP contribution in [0, 0.1) is 0 Å². The number of para-hydroxylation sites is 1. The number of aromatic nitrogens is 1. The van der Waals surface area contributed by atoms with Gasteiger partial charge in [-0.3, -0.25) is 0 Å². The fourth-order valence-electron chi connectivity index (χ4n) is 1.95. The monoisotopic (exact) mass is 257 g/mol. The molecule has 0 unspecified atom stereocenters. The molecule has 100 valence electrons. The summed E-state index contributed by atoms with van der Waals surface area (Å²) < 4.78 is 5.37. The average molecular weight is 257 g/mol. The summed E-state index contributed by atoms with van der Waals surface area (Å²) in [7, 11) is 5.58. The van der Waals surface area contributed by atoms with E-state index in [2.05, 4.69) is 21.3 Å². The number of pyridine rings is 1. The number of nitrogens with one attached hydrogen (secondary N) is 1. The molecular weight excluding hydrogens is 238 g/mol. The second-order valence-corrected chi connectivity index (χ2v) is 4.30. The molecule has 0 aliphatic heterocycles. The van der Waals surface area contributed by atoms with E-state index in [9.17, 15) is 0 Å². The van der Waals surface area contributed by atoms with Crippen molar-refractivity contribution in [3.05, 3.63) is 48.0 Å². The smallest absolute Gasteiger partial charge is 0.130 e. The van der Waals surface area contributed by atoms with E-state index < -0.39 is 0 Å². The molecule has 19 heavy (non-hydrogen) atoms. The van der Waals surface area contributed by atoms with Crippen LogP contribution in [-0.4, -0.2) is 26.2 Å². The van der Waals surface area contributed by atoms with E-state index in [0.717, 1.165) is 29.5 Å². The highest BCUT2D eigenvalue weighted by Gasteiger charge is 2.07. The number of hydrogen-bond acceptors (Lipinski definition) is 4. The molecule has 0 aliphatic rings. The maximum absolute atomic E-state index is 5.37. The topological polar surface area (TPSA) is 37.4 Å². The van der Waals surface area contributed by atoms with Gasteiger partial charge in [0.25, 0.3) is 0 Å². The van der Waals surface area contributed by atoms with Crippen LogP contribution in [0.5, 0.6) is 5.75 Å². The molecule has 4 nitrogen and oxygen atoms in total. The Morgan fingerprint density at radius 3 is 2.68 bits per heavy atom. The minimum absolute atomic E-state index is 0.754. The van der Waals surface area contributed by atoms with Gasteiger partial charge in [0, 0.05) is 26.2 Å². The van der Waals surface area contributed by atoms with Crippen molar-refractivity contribution in [1.29, 1.82) is 0 Å². The van der Waals surface area contributed by atoms with Crippen molar-refractivity contribution in [3.8, 4) is 5.75 Å². The lowest BCUT2D eigenvalue weighted by molar-refractivity contribution is 0.409. The first-order chi connectivity index (χ1) is 9.24. The van der Waals surface area contributed by atoms with Gasteiger partial charge in [-0.25, -0.2) is 4.98 Å². The van der Waals surface area contributed by atoms with Crippen LogP contribution in [0.4, 0.5) is 11.6 Å². The molecule has 0 fully saturated rings. The molecule has 0 saturated heterocycles. The zero-order valence-electron chi connectivity index (χ0n) is 11.6. The molecule has 0 bridgehead atoms. The van der Waals surface area contributed by atoms with Crippen molar-refractivity contribution in [1.82, 2.24) is 4.98 Å². The first-order valence-corrected chi connectivity index (χ1v) is 6.22. The van der Waals surface area contributed by atoms with Crippen molar-refractivity contribution >= 4 is 11.6 Å². The van der Waals surface area contributed by atoms with E-state index in [4.69, 9.17) is 4.74 Å². The summed E-state index contributed by atoms with van der Waals surface area (Å²) in [5.74, 6) is 2.70. The summed E-state index contributed by atoms with van der Waals surface area (Å²) in [4.78, 5) is 6.61. The lowest BCUT2D eigenvalue weighted by Gasteiger charge is -2.20. The third-order valence-electron chi connectivity index (χ3n) is 2.98. The van der Waals surface area contributed by atoms with E-state index in [1.165, 1.54) is 0 Å². The molecule has 2 rings (SSSR count). The number of rotatable bonds is 5. The normalized spacial score (nSPS) is 10.1. The van der Waals surface area contributed by atoms with Crippen LogP contribution in [0.2, 0.25) is 0 Å². The minimum atomic E-state index is 0.754. The molecule has 0 saturated carbocycles. The molecule has 0 aliphatic carbocycles. The van der Waals surface area contributed by atoms with E-state index in [-0.39, 0.29) is 0 Å². The Hall–Kier alpha value is -2.23. The molecule has 0 spiro atoms. The van der Waals surface area contributed by atoms with E-state index in [0.29, 0.717) is 0 Å². The number of hydrogen-bond donors (Lipinski definition) is 1. The van der Waals surface area contributed by atoms with Crippen LogP contribution >= 0.6 is 0 Å². The molecule has 1 N–H and O–H groups in total. The predicted octanol–water partition coefficient (Wildman–Crippen LogP) is 2.77. The van der Waals surface area contributed by atoms with Crippen LogP contribution in [0.25, 0.3) is 0 Å². The van der Waals surface area contributed by atoms with Gasteiger partial charge in [-0.1, -0.05) is 24.3 Å². The second-order valence-electron chi connectivity index (χ2n) is 4.30. The fourth-order valence-corrected chi connectivity index (χ4v) is 1.95. The second kappa shape index (κ2) is 6.09. The SMILES string of the molecule is CNc1cccc(N(C)Cc2ccccc2OC)n1. The van der Waals surface area contributed by atoms with E-state index in [1.54, 1.807) is 7.11 Å². The van der Waals surface area contributed by atoms with Gasteiger partial charge in [0.05, 0.1) is 7.11 Å². The molecule has 1 aromatic heterocycles. The third kappa shape index (κ3) is 3.16. The maximum Gasteiger partial charge on any atom is 0.130 e. The Labute approximate surface area is 114 Å². The molecule has 4 heteroatoms. The van der Waals surface area contributed by atoms with Gasteiger partial charge in [0.2, 0.25) is 0 Å². The van der Waals surface area contributed by atoms with Crippen LogP contribution in [0.15, 0.2) is 42.5 Å². The Morgan fingerprint density at radius 2 is 1.95 bits per heavy atom. The first-order valence-electron chi connectivity index (χ1n) is 6.22. The fraction of sp³-hybridized carbons (Fsp3) is 0.267. The maximum atomic E-state index is 5.37. The quantitative estimate of drug-likeness (QED) is 0.893. The molecule has 1 heterocycles. The summed E-state index contributed by atoms with van der Waals surface area (Å²) in [6, 6.07) is 14.0. The molecule has 0 atom stereocenters. The summed E-state index contributed by atoms with van der Waals surface area (Å²) >= 11 is 0. The molecule has 0 amide bonds. The number of anilines is 2. The van der Waals surface area contributed by atoms with Gasteiger partial charge in [-0.2, -0.15) is 0 Å². The van der Waals surface area contributed by atoms with Crippen LogP contribution in [-0.2, 0) is 6.54 Å². The summed E-state index contributed by atoms with van der Waals surface area (Å²) in [5.41, 5.74) is 1.14. The number of nitrogens with zero attached hydrogens (tertiary/aromatic N) is 2. The zero-order valence-corrected chi connectivity index (χ0v) is 11.6. The van der Waals surface area contributed by atoms with Gasteiger partial charge in [-0.05, 0) is 18.2 Å². The Kier molecular flexibility index (Phi) is 4.23. The molecule has 1 aromatic carbocycles. The average Bonchev–Trinajstić information content (AvgIpc) is 2.47. The molecular formula is C15H19N3O. The van der Waals surface area contributed by atoms with E-state index >= 15 is 0 Å². The lowest BCUT2D eigenvalue weighted by Crippen LogP contribution is -2.18. The molecule has 2 aromatic rings. The highest BCUT2D eigenvalue weighted by atomic mass is 16.5. The Balaban J connectivity index is 2.18.